The molecule has 0 unspecified atom stereocenters. The molecule has 2 rings (SSSR count). The number of carbonyl (C=O) groups excluding carboxylic acids is 1. The molecule has 6 nitrogen and oxygen atoms in total. The highest BCUT2D eigenvalue weighted by Crippen LogP contribution is 2.26. The molecule has 1 amide bonds. The van der Waals surface area contributed by atoms with Crippen LogP contribution < -0.4 is 10.0 Å². The van der Waals surface area contributed by atoms with Crippen LogP contribution >= 0.6 is 31.9 Å². The zero-order chi connectivity index (χ0) is 17.0. The minimum Gasteiger partial charge on any atom is -0.358 e. The number of piperidine rings is 1. The molecule has 0 radical (unpaired) electrons. The molecule has 9 heteroatoms. The van der Waals surface area contributed by atoms with Gasteiger partial charge >= 0.3 is 0 Å². The SMILES string of the molecule is CNC(=O)CN1CCC(NS(=O)(=O)c2cc(Br)ccc2Br)CC1. The summed E-state index contributed by atoms with van der Waals surface area (Å²) >= 11 is 6.58. The number of amides is 1. The highest BCUT2D eigenvalue weighted by Gasteiger charge is 2.26. The van der Waals surface area contributed by atoms with Crippen molar-refractivity contribution in [3.63, 3.8) is 0 Å². The Kier molecular flexibility index (Phi) is 6.61. The van der Waals surface area contributed by atoms with Crippen LogP contribution in [-0.2, 0) is 14.8 Å². The molecule has 0 aliphatic carbocycles. The fourth-order valence-corrected chi connectivity index (χ4v) is 5.26. The first-order valence-corrected chi connectivity index (χ1v) is 10.3. The number of nitrogens with one attached hydrogen (secondary N) is 2. The molecule has 1 aliphatic heterocycles. The van der Waals surface area contributed by atoms with Crippen LogP contribution in [-0.4, -0.2) is 51.9 Å². The Balaban J connectivity index is 1.98. The maximum atomic E-state index is 12.5. The third-order valence-electron chi connectivity index (χ3n) is 3.74. The average molecular weight is 469 g/mol. The summed E-state index contributed by atoms with van der Waals surface area (Å²) in [6.07, 6.45) is 1.36. The van der Waals surface area contributed by atoms with Gasteiger partial charge in [0.05, 0.1) is 11.4 Å². The molecule has 0 bridgehead atoms. The smallest absolute Gasteiger partial charge is 0.241 e. The van der Waals surface area contributed by atoms with Crippen LogP contribution in [0.4, 0.5) is 0 Å². The molecular formula is C14H19Br2N3O3S. The van der Waals surface area contributed by atoms with Gasteiger partial charge in [0, 0.05) is 35.1 Å². The normalized spacial score (nSPS) is 17.2. The van der Waals surface area contributed by atoms with Crippen molar-refractivity contribution in [2.24, 2.45) is 0 Å². The summed E-state index contributed by atoms with van der Waals surface area (Å²) in [5, 5.41) is 2.59. The van der Waals surface area contributed by atoms with E-state index in [9.17, 15) is 13.2 Å². The Bertz CT molecular complexity index is 674. The third-order valence-corrected chi connectivity index (χ3v) is 6.75. The third kappa shape index (κ3) is 5.25. The summed E-state index contributed by atoms with van der Waals surface area (Å²) in [6, 6.07) is 4.93. The molecule has 1 aromatic carbocycles. The fourth-order valence-electron chi connectivity index (χ4n) is 2.46. The Labute approximate surface area is 153 Å². The van der Waals surface area contributed by atoms with Crippen LogP contribution in [0.3, 0.4) is 0 Å². The van der Waals surface area contributed by atoms with Crippen LogP contribution in [0, 0.1) is 0 Å². The van der Waals surface area contributed by atoms with Gasteiger partial charge in [-0.15, -0.1) is 0 Å². The van der Waals surface area contributed by atoms with Gasteiger partial charge in [0.25, 0.3) is 0 Å². The maximum absolute atomic E-state index is 12.5. The minimum absolute atomic E-state index is 0.0258. The van der Waals surface area contributed by atoms with E-state index >= 15 is 0 Å². The lowest BCUT2D eigenvalue weighted by atomic mass is 10.1. The zero-order valence-electron chi connectivity index (χ0n) is 12.7. The van der Waals surface area contributed by atoms with Crippen LogP contribution in [0.2, 0.25) is 0 Å². The summed E-state index contributed by atoms with van der Waals surface area (Å²) in [6.45, 7) is 1.74. The molecule has 128 valence electrons. The summed E-state index contributed by atoms with van der Waals surface area (Å²) in [5.74, 6) is -0.0258. The predicted molar refractivity (Wildman–Crippen MR) is 95.7 cm³/mol. The molecule has 1 saturated heterocycles. The Hall–Kier alpha value is -0.480. The van der Waals surface area contributed by atoms with E-state index in [2.05, 4.69) is 41.9 Å². The predicted octanol–water partition coefficient (Wildman–Crippen LogP) is 1.70. The van der Waals surface area contributed by atoms with E-state index < -0.39 is 10.0 Å². The van der Waals surface area contributed by atoms with Crippen molar-refractivity contribution >= 4 is 47.8 Å². The standard InChI is InChI=1S/C14H19Br2N3O3S/c1-17-14(20)9-19-6-4-11(5-7-19)18-23(21,22)13-8-10(15)2-3-12(13)16/h2-3,8,11,18H,4-7,9H2,1H3,(H,17,20). The molecule has 23 heavy (non-hydrogen) atoms. The van der Waals surface area contributed by atoms with Crippen molar-refractivity contribution < 1.29 is 13.2 Å². The van der Waals surface area contributed by atoms with E-state index in [0.29, 0.717) is 41.4 Å². The van der Waals surface area contributed by atoms with Gasteiger partial charge in [-0.2, -0.15) is 0 Å². The molecule has 0 saturated carbocycles. The number of likely N-dealkylation sites (tertiary alicyclic amines) is 1. The molecule has 1 heterocycles. The highest BCUT2D eigenvalue weighted by atomic mass is 79.9. The van der Waals surface area contributed by atoms with Crippen molar-refractivity contribution in [3.05, 3.63) is 27.1 Å². The summed E-state index contributed by atoms with van der Waals surface area (Å²) in [4.78, 5) is 13.6. The number of carbonyl (C=O) groups is 1. The van der Waals surface area contributed by atoms with Crippen molar-refractivity contribution in [1.82, 2.24) is 14.9 Å². The lowest BCUT2D eigenvalue weighted by molar-refractivity contribution is -0.122. The molecule has 2 N–H and O–H groups in total. The maximum Gasteiger partial charge on any atom is 0.241 e. The second kappa shape index (κ2) is 8.06. The van der Waals surface area contributed by atoms with Crippen molar-refractivity contribution in [2.75, 3.05) is 26.7 Å². The van der Waals surface area contributed by atoms with Gasteiger partial charge in [-0.3, -0.25) is 9.69 Å². The van der Waals surface area contributed by atoms with E-state index in [4.69, 9.17) is 0 Å². The number of rotatable bonds is 5. The van der Waals surface area contributed by atoms with E-state index in [1.807, 2.05) is 4.90 Å². The largest absolute Gasteiger partial charge is 0.358 e. The zero-order valence-corrected chi connectivity index (χ0v) is 16.7. The fraction of sp³-hybridized carbons (Fsp3) is 0.500. The summed E-state index contributed by atoms with van der Waals surface area (Å²) in [7, 11) is -1.97. The lowest BCUT2D eigenvalue weighted by Gasteiger charge is -2.31. The van der Waals surface area contributed by atoms with Crippen molar-refractivity contribution in [1.29, 1.82) is 0 Å². The van der Waals surface area contributed by atoms with Gasteiger partial charge in [0.15, 0.2) is 0 Å². The minimum atomic E-state index is -3.58. The van der Waals surface area contributed by atoms with E-state index in [0.717, 1.165) is 0 Å². The summed E-state index contributed by atoms with van der Waals surface area (Å²) in [5.41, 5.74) is 0. The summed E-state index contributed by atoms with van der Waals surface area (Å²) < 4.78 is 29.1. The molecule has 0 aromatic heterocycles. The van der Waals surface area contributed by atoms with Gasteiger partial charge in [-0.05, 0) is 47.0 Å². The second-order valence-corrected chi connectivity index (χ2v) is 8.87. The van der Waals surface area contributed by atoms with Gasteiger partial charge in [-0.1, -0.05) is 15.9 Å². The highest BCUT2D eigenvalue weighted by molar-refractivity contribution is 9.11. The van der Waals surface area contributed by atoms with Crippen LogP contribution in [0.15, 0.2) is 32.0 Å². The number of hydrogen-bond acceptors (Lipinski definition) is 4. The molecule has 1 fully saturated rings. The monoisotopic (exact) mass is 467 g/mol. The number of benzene rings is 1. The topological polar surface area (TPSA) is 78.5 Å². The van der Waals surface area contributed by atoms with Gasteiger partial charge in [0.1, 0.15) is 0 Å². The Morgan fingerprint density at radius 1 is 1.30 bits per heavy atom. The van der Waals surface area contributed by atoms with Gasteiger partial charge < -0.3 is 5.32 Å². The second-order valence-electron chi connectivity index (χ2n) is 5.42. The molecule has 0 atom stereocenters. The first kappa shape index (κ1) is 18.9. The first-order chi connectivity index (χ1) is 10.8. The number of sulfonamides is 1. The Morgan fingerprint density at radius 2 is 1.96 bits per heavy atom. The van der Waals surface area contributed by atoms with Crippen LogP contribution in [0.5, 0.6) is 0 Å². The number of likely N-dealkylation sites (N-methyl/N-ethyl adjacent to an activating group) is 1. The Morgan fingerprint density at radius 3 is 2.57 bits per heavy atom. The molecular weight excluding hydrogens is 450 g/mol. The van der Waals surface area contributed by atoms with Crippen LogP contribution in [0.25, 0.3) is 0 Å². The van der Waals surface area contributed by atoms with Crippen molar-refractivity contribution in [2.45, 2.75) is 23.8 Å². The van der Waals surface area contributed by atoms with Crippen LogP contribution in [0.1, 0.15) is 12.8 Å². The number of nitrogens with zero attached hydrogens (tertiary/aromatic N) is 1. The molecule has 0 spiro atoms. The van der Waals surface area contributed by atoms with Gasteiger partial charge in [0.2, 0.25) is 15.9 Å². The quantitative estimate of drug-likeness (QED) is 0.689. The number of halogens is 2. The number of hydrogen-bond donors (Lipinski definition) is 2. The molecule has 1 aromatic rings. The average Bonchev–Trinajstić information content (AvgIpc) is 2.51. The lowest BCUT2D eigenvalue weighted by Crippen LogP contribution is -2.47. The van der Waals surface area contributed by atoms with E-state index in [1.54, 1.807) is 25.2 Å². The van der Waals surface area contributed by atoms with E-state index in [-0.39, 0.29) is 16.8 Å². The van der Waals surface area contributed by atoms with E-state index in [1.165, 1.54) is 0 Å². The molecule has 1 aliphatic rings. The van der Waals surface area contributed by atoms with Gasteiger partial charge in [-0.25, -0.2) is 13.1 Å². The van der Waals surface area contributed by atoms with Crippen molar-refractivity contribution in [3.8, 4) is 0 Å². The first-order valence-electron chi connectivity index (χ1n) is 7.22.